The molecule has 0 amide bonds. The maximum absolute atomic E-state index is 5.56. The summed E-state index contributed by atoms with van der Waals surface area (Å²) in [5.74, 6) is 0. The molecule has 12 heavy (non-hydrogen) atoms. The Kier molecular flexibility index (Phi) is 6.84. The first-order chi connectivity index (χ1) is 5.66. The Morgan fingerprint density at radius 1 is 1.25 bits per heavy atom. The van der Waals surface area contributed by atoms with Crippen molar-refractivity contribution in [2.45, 2.75) is 52.9 Å². The molecule has 0 aliphatic carbocycles. The van der Waals surface area contributed by atoms with Crippen molar-refractivity contribution in [2.24, 2.45) is 0 Å². The molecule has 0 nitrogen and oxygen atoms in total. The molecule has 0 aromatic heterocycles. The Balaban J connectivity index is 3.39. The lowest BCUT2D eigenvalue weighted by Gasteiger charge is -1.98. The van der Waals surface area contributed by atoms with E-state index in [-0.39, 0.29) is 0 Å². The first-order valence-corrected chi connectivity index (χ1v) is 4.90. The molecule has 0 rings (SSSR count). The van der Waals surface area contributed by atoms with Crippen LogP contribution < -0.4 is 0 Å². The summed E-state index contributed by atoms with van der Waals surface area (Å²) in [6.45, 7) is 12.0. The van der Waals surface area contributed by atoms with Gasteiger partial charge in [-0.1, -0.05) is 37.1 Å². The Hall–Kier alpha value is -0.520. The topological polar surface area (TPSA) is 0 Å². The number of rotatable bonds is 6. The molecule has 0 heterocycles. The monoisotopic (exact) mass is 165 g/mol. The maximum Gasteiger partial charge on any atom is -0.0317 e. The molecular formula is C12H21. The second kappa shape index (κ2) is 7.15. The van der Waals surface area contributed by atoms with Crippen LogP contribution in [0.4, 0.5) is 0 Å². The summed E-state index contributed by atoms with van der Waals surface area (Å²) in [5.41, 5.74) is 2.57. The molecule has 0 fully saturated rings. The van der Waals surface area contributed by atoms with Crippen molar-refractivity contribution < 1.29 is 0 Å². The highest BCUT2D eigenvalue weighted by Crippen LogP contribution is 2.09. The van der Waals surface area contributed by atoms with E-state index < -0.39 is 0 Å². The first-order valence-electron chi connectivity index (χ1n) is 4.90. The van der Waals surface area contributed by atoms with E-state index in [0.29, 0.717) is 0 Å². The van der Waals surface area contributed by atoms with Gasteiger partial charge in [-0.2, -0.15) is 0 Å². The maximum atomic E-state index is 5.56. The molecule has 69 valence electrons. The average Bonchev–Trinajstić information content (AvgIpc) is 1.98. The Bertz CT molecular complexity index is 151. The molecule has 0 saturated heterocycles. The summed E-state index contributed by atoms with van der Waals surface area (Å²) in [6, 6.07) is 0. The van der Waals surface area contributed by atoms with Crippen LogP contribution >= 0.6 is 0 Å². The number of hydrogen-bond donors (Lipinski definition) is 0. The highest BCUT2D eigenvalue weighted by atomic mass is 13.9. The van der Waals surface area contributed by atoms with Crippen LogP contribution in [0.1, 0.15) is 52.9 Å². The molecule has 0 aliphatic rings. The molecule has 0 aromatic carbocycles. The molecule has 1 radical (unpaired) electrons. The number of hydrogen-bond acceptors (Lipinski definition) is 0. The standard InChI is InChI=1S/C12H21/c1-5-8-12(4)10-7-6-9-11(2)3/h2,10H,5-9H2,1,3-4H3/b11-2?,12-10+. The van der Waals surface area contributed by atoms with Crippen LogP contribution in [0.3, 0.4) is 0 Å². The molecule has 0 heteroatoms. The third-order valence-corrected chi connectivity index (χ3v) is 1.91. The quantitative estimate of drug-likeness (QED) is 0.407. The van der Waals surface area contributed by atoms with E-state index in [2.05, 4.69) is 19.9 Å². The van der Waals surface area contributed by atoms with Crippen LogP contribution in [0.15, 0.2) is 17.2 Å². The van der Waals surface area contributed by atoms with E-state index in [1.807, 2.05) is 6.92 Å². The van der Waals surface area contributed by atoms with Crippen molar-refractivity contribution in [3.05, 3.63) is 23.8 Å². The van der Waals surface area contributed by atoms with E-state index in [0.717, 1.165) is 12.0 Å². The van der Waals surface area contributed by atoms with Gasteiger partial charge >= 0.3 is 0 Å². The van der Waals surface area contributed by atoms with E-state index in [1.54, 1.807) is 0 Å². The Labute approximate surface area is 77.4 Å². The van der Waals surface area contributed by atoms with Crippen molar-refractivity contribution in [1.82, 2.24) is 0 Å². The number of allylic oxidation sites excluding steroid dienone is 3. The van der Waals surface area contributed by atoms with Crippen LogP contribution in [0.5, 0.6) is 0 Å². The molecular weight excluding hydrogens is 144 g/mol. The van der Waals surface area contributed by atoms with Crippen molar-refractivity contribution in [3.63, 3.8) is 0 Å². The third-order valence-electron chi connectivity index (χ3n) is 1.91. The average molecular weight is 165 g/mol. The third kappa shape index (κ3) is 7.59. The zero-order chi connectivity index (χ0) is 9.40. The lowest BCUT2D eigenvalue weighted by Crippen LogP contribution is -1.78. The summed E-state index contributed by atoms with van der Waals surface area (Å²) < 4.78 is 0. The zero-order valence-corrected chi connectivity index (χ0v) is 8.69. The van der Waals surface area contributed by atoms with Gasteiger partial charge < -0.3 is 0 Å². The van der Waals surface area contributed by atoms with Gasteiger partial charge in [-0.25, -0.2) is 0 Å². The molecule has 0 aliphatic heterocycles. The molecule has 0 spiro atoms. The Morgan fingerprint density at radius 3 is 2.42 bits per heavy atom. The van der Waals surface area contributed by atoms with E-state index in [9.17, 15) is 0 Å². The van der Waals surface area contributed by atoms with Crippen molar-refractivity contribution >= 4 is 0 Å². The minimum atomic E-state index is 1.05. The Morgan fingerprint density at radius 2 is 1.92 bits per heavy atom. The molecule has 0 atom stereocenters. The lowest BCUT2D eigenvalue weighted by molar-refractivity contribution is 0.816. The fraction of sp³-hybridized carbons (Fsp3) is 0.667. The molecule has 0 saturated carbocycles. The number of unbranched alkanes of at least 4 members (excludes halogenated alkanes) is 1. The lowest BCUT2D eigenvalue weighted by atomic mass is 10.1. The van der Waals surface area contributed by atoms with Gasteiger partial charge in [-0.15, -0.1) is 0 Å². The smallest absolute Gasteiger partial charge is 0.0317 e. The predicted molar refractivity (Wildman–Crippen MR) is 56.0 cm³/mol. The predicted octanol–water partition coefficient (Wildman–Crippen LogP) is 4.28. The van der Waals surface area contributed by atoms with Crippen LogP contribution in [-0.2, 0) is 0 Å². The highest BCUT2D eigenvalue weighted by Gasteiger charge is 1.88. The SMILES string of the molecule is [CH]=C(C)CCC/C=C(\C)CCC. The normalized spacial score (nSPS) is 11.8. The molecule has 0 N–H and O–H groups in total. The van der Waals surface area contributed by atoms with Gasteiger partial charge in [0.25, 0.3) is 0 Å². The highest BCUT2D eigenvalue weighted by molar-refractivity contribution is 4.98. The van der Waals surface area contributed by atoms with Crippen molar-refractivity contribution in [3.8, 4) is 0 Å². The first kappa shape index (κ1) is 11.5. The fourth-order valence-electron chi connectivity index (χ4n) is 1.23. The van der Waals surface area contributed by atoms with Crippen LogP contribution in [-0.4, -0.2) is 0 Å². The van der Waals surface area contributed by atoms with Crippen LogP contribution in [0.25, 0.3) is 0 Å². The van der Waals surface area contributed by atoms with Crippen LogP contribution in [0, 0.1) is 6.58 Å². The van der Waals surface area contributed by atoms with Gasteiger partial charge in [0.15, 0.2) is 0 Å². The summed E-state index contributed by atoms with van der Waals surface area (Å²) in [4.78, 5) is 0. The fourth-order valence-corrected chi connectivity index (χ4v) is 1.23. The second-order valence-electron chi connectivity index (χ2n) is 3.54. The molecule has 0 aromatic rings. The van der Waals surface area contributed by atoms with E-state index >= 15 is 0 Å². The zero-order valence-electron chi connectivity index (χ0n) is 8.69. The van der Waals surface area contributed by atoms with Gasteiger partial charge in [0.1, 0.15) is 0 Å². The minimum Gasteiger partial charge on any atom is -0.0856 e. The molecule has 0 bridgehead atoms. The summed E-state index contributed by atoms with van der Waals surface area (Å²) in [5, 5.41) is 0. The summed E-state index contributed by atoms with van der Waals surface area (Å²) >= 11 is 0. The van der Waals surface area contributed by atoms with Crippen LogP contribution in [0.2, 0.25) is 0 Å². The minimum absolute atomic E-state index is 1.05. The van der Waals surface area contributed by atoms with E-state index in [4.69, 9.17) is 6.58 Å². The largest absolute Gasteiger partial charge is 0.0856 e. The van der Waals surface area contributed by atoms with Gasteiger partial charge in [-0.3, -0.25) is 0 Å². The van der Waals surface area contributed by atoms with E-state index in [1.165, 1.54) is 31.3 Å². The van der Waals surface area contributed by atoms with Gasteiger partial charge in [-0.05, 0) is 39.5 Å². The molecule has 0 unspecified atom stereocenters. The van der Waals surface area contributed by atoms with Crippen molar-refractivity contribution in [2.75, 3.05) is 0 Å². The van der Waals surface area contributed by atoms with Crippen molar-refractivity contribution in [1.29, 1.82) is 0 Å². The summed E-state index contributed by atoms with van der Waals surface area (Å²) in [7, 11) is 0. The van der Waals surface area contributed by atoms with Gasteiger partial charge in [0.05, 0.1) is 0 Å². The second-order valence-corrected chi connectivity index (χ2v) is 3.54. The van der Waals surface area contributed by atoms with Gasteiger partial charge in [0.2, 0.25) is 0 Å². The summed E-state index contributed by atoms with van der Waals surface area (Å²) in [6.07, 6.45) is 8.28. The van der Waals surface area contributed by atoms with Gasteiger partial charge in [0, 0.05) is 0 Å².